The minimum Gasteiger partial charge on any atom is -0.359 e. The lowest BCUT2D eigenvalue weighted by Crippen LogP contribution is -2.25. The lowest BCUT2D eigenvalue weighted by atomic mass is 9.70. The van der Waals surface area contributed by atoms with Crippen LogP contribution in [0.4, 0.5) is 5.69 Å². The molecule has 0 atom stereocenters. The largest absolute Gasteiger partial charge is 0.359 e. The normalized spacial score (nSPS) is 13.0. The van der Waals surface area contributed by atoms with Gasteiger partial charge < -0.3 is 4.98 Å². The van der Waals surface area contributed by atoms with Gasteiger partial charge in [-0.1, -0.05) is 38.1 Å². The molecule has 1 heterocycles. The molecule has 0 aliphatic carbocycles. The molecule has 1 aromatic heterocycles. The van der Waals surface area contributed by atoms with Gasteiger partial charge in [0.05, 0.1) is 22.4 Å². The Kier molecular flexibility index (Phi) is 5.53. The van der Waals surface area contributed by atoms with Gasteiger partial charge in [-0.15, -0.1) is 0 Å². The van der Waals surface area contributed by atoms with Gasteiger partial charge in [0.25, 0.3) is 0 Å². The summed E-state index contributed by atoms with van der Waals surface area (Å²) in [4.78, 5) is 3.53. The van der Waals surface area contributed by atoms with E-state index in [1.165, 1.54) is 6.26 Å². The molecular weight excluding hydrogens is 408 g/mol. The maximum absolute atomic E-state index is 11.8. The van der Waals surface area contributed by atoms with Gasteiger partial charge in [0.1, 0.15) is 0 Å². The van der Waals surface area contributed by atoms with Crippen LogP contribution < -0.4 is 4.72 Å². The van der Waals surface area contributed by atoms with Crippen molar-refractivity contribution in [2.75, 3.05) is 17.2 Å². The zero-order valence-electron chi connectivity index (χ0n) is 17.0. The van der Waals surface area contributed by atoms with Gasteiger partial charge in [-0.3, -0.25) is 4.72 Å². The number of anilines is 1. The molecule has 29 heavy (non-hydrogen) atoms. The fourth-order valence-corrected chi connectivity index (χ4v) is 5.25. The highest BCUT2D eigenvalue weighted by Crippen LogP contribution is 2.43. The summed E-state index contributed by atoms with van der Waals surface area (Å²) in [6.45, 7) is 4.21. The Labute approximate surface area is 172 Å². The number of H-pyrrole nitrogens is 1. The number of hydrogen-bond donors (Lipinski definition) is 2. The molecule has 0 fully saturated rings. The summed E-state index contributed by atoms with van der Waals surface area (Å²) in [5.41, 5.74) is 2.98. The summed E-state index contributed by atoms with van der Waals surface area (Å²) in [5, 5.41) is 0.939. The predicted molar refractivity (Wildman–Crippen MR) is 118 cm³/mol. The van der Waals surface area contributed by atoms with Crippen LogP contribution in [0, 0.1) is 0 Å². The van der Waals surface area contributed by atoms with E-state index in [-0.39, 0.29) is 5.41 Å². The lowest BCUT2D eigenvalue weighted by Gasteiger charge is -2.33. The van der Waals surface area contributed by atoms with E-state index in [1.54, 1.807) is 18.2 Å². The standard InChI is InChI=1S/C21H26N2O4S2/c1-5-21(6-2,15-10-12-16(13-11-15)28(3,24)25)18-14-22-20-17(18)8-7-9-19(20)23-29(4,26)27/h7-14,22-23H,5-6H2,1-4H3. The Morgan fingerprint density at radius 1 is 0.931 bits per heavy atom. The quantitative estimate of drug-likeness (QED) is 0.586. The maximum Gasteiger partial charge on any atom is 0.229 e. The predicted octanol–water partition coefficient (Wildman–Crippen LogP) is 4.05. The number of para-hydroxylation sites is 1. The van der Waals surface area contributed by atoms with E-state index in [9.17, 15) is 16.8 Å². The van der Waals surface area contributed by atoms with Crippen LogP contribution in [0.2, 0.25) is 0 Å². The summed E-state index contributed by atoms with van der Waals surface area (Å²) < 4.78 is 49.7. The van der Waals surface area contributed by atoms with Crippen molar-refractivity contribution in [3.8, 4) is 0 Å². The molecule has 0 aliphatic heterocycles. The van der Waals surface area contributed by atoms with Gasteiger partial charge in [0, 0.05) is 23.3 Å². The molecule has 2 N–H and O–H groups in total. The van der Waals surface area contributed by atoms with Crippen LogP contribution in [0.5, 0.6) is 0 Å². The molecule has 0 radical (unpaired) electrons. The number of sulfonamides is 1. The van der Waals surface area contributed by atoms with E-state index in [1.807, 2.05) is 30.5 Å². The van der Waals surface area contributed by atoms with Crippen molar-refractivity contribution in [1.29, 1.82) is 0 Å². The molecule has 0 spiro atoms. The third kappa shape index (κ3) is 4.04. The van der Waals surface area contributed by atoms with Crippen LogP contribution >= 0.6 is 0 Å². The molecule has 8 heteroatoms. The van der Waals surface area contributed by atoms with Gasteiger partial charge in [-0.2, -0.15) is 0 Å². The van der Waals surface area contributed by atoms with Crippen LogP contribution in [-0.2, 0) is 25.3 Å². The number of benzene rings is 2. The second-order valence-corrected chi connectivity index (χ2v) is 11.2. The Morgan fingerprint density at radius 2 is 1.55 bits per heavy atom. The van der Waals surface area contributed by atoms with Crippen molar-refractivity contribution in [2.45, 2.75) is 37.0 Å². The highest BCUT2D eigenvalue weighted by Gasteiger charge is 2.33. The number of rotatable bonds is 7. The van der Waals surface area contributed by atoms with Crippen molar-refractivity contribution < 1.29 is 16.8 Å². The third-order valence-electron chi connectivity index (χ3n) is 5.57. The molecule has 0 saturated heterocycles. The number of hydrogen-bond acceptors (Lipinski definition) is 4. The number of nitrogens with one attached hydrogen (secondary N) is 2. The van der Waals surface area contributed by atoms with Gasteiger partial charge in [0.2, 0.25) is 10.0 Å². The average molecular weight is 435 g/mol. The van der Waals surface area contributed by atoms with Crippen LogP contribution in [0.3, 0.4) is 0 Å². The summed E-state index contributed by atoms with van der Waals surface area (Å²) in [7, 11) is -6.67. The first-order chi connectivity index (χ1) is 13.5. The molecule has 3 rings (SSSR count). The molecule has 0 bridgehead atoms. The fraction of sp³-hybridized carbons (Fsp3) is 0.333. The van der Waals surface area contributed by atoms with Crippen molar-refractivity contribution in [3.05, 3.63) is 59.8 Å². The minimum atomic E-state index is -3.40. The van der Waals surface area contributed by atoms with Gasteiger partial charge >= 0.3 is 0 Å². The molecular formula is C21H26N2O4S2. The Morgan fingerprint density at radius 3 is 2.07 bits per heavy atom. The van der Waals surface area contributed by atoms with Gasteiger partial charge in [-0.25, -0.2) is 16.8 Å². The first kappa shape index (κ1) is 21.4. The first-order valence-electron chi connectivity index (χ1n) is 9.41. The van der Waals surface area contributed by atoms with E-state index in [0.29, 0.717) is 10.6 Å². The highest BCUT2D eigenvalue weighted by atomic mass is 32.2. The number of aromatic nitrogens is 1. The minimum absolute atomic E-state index is 0.293. The lowest BCUT2D eigenvalue weighted by molar-refractivity contribution is 0.481. The third-order valence-corrected chi connectivity index (χ3v) is 7.29. The van der Waals surface area contributed by atoms with Crippen molar-refractivity contribution in [3.63, 3.8) is 0 Å². The Hall–Kier alpha value is -2.32. The SMILES string of the molecule is CCC(CC)(c1ccc(S(C)(=O)=O)cc1)c1c[nH]c2c(NS(C)(=O)=O)cccc12. The number of aromatic amines is 1. The van der Waals surface area contributed by atoms with Crippen molar-refractivity contribution in [2.24, 2.45) is 0 Å². The van der Waals surface area contributed by atoms with Crippen LogP contribution in [0.1, 0.15) is 37.8 Å². The summed E-state index contributed by atoms with van der Waals surface area (Å²) in [6.07, 6.45) is 5.86. The van der Waals surface area contributed by atoms with Crippen molar-refractivity contribution >= 4 is 36.5 Å². The van der Waals surface area contributed by atoms with E-state index in [2.05, 4.69) is 23.6 Å². The molecule has 6 nitrogen and oxygen atoms in total. The molecule has 0 unspecified atom stereocenters. The zero-order chi connectivity index (χ0) is 21.4. The molecule has 2 aromatic carbocycles. The zero-order valence-corrected chi connectivity index (χ0v) is 18.6. The topological polar surface area (TPSA) is 96.1 Å². The summed E-state index contributed by atoms with van der Waals surface area (Å²) in [6, 6.07) is 12.6. The Balaban J connectivity index is 2.19. The monoisotopic (exact) mass is 434 g/mol. The maximum atomic E-state index is 11.8. The van der Waals surface area contributed by atoms with Gasteiger partial charge in [-0.05, 0) is 42.2 Å². The molecule has 0 aliphatic rings. The van der Waals surface area contributed by atoms with E-state index >= 15 is 0 Å². The second-order valence-electron chi connectivity index (χ2n) is 7.39. The van der Waals surface area contributed by atoms with Crippen LogP contribution in [0.15, 0.2) is 53.6 Å². The second kappa shape index (κ2) is 7.50. The average Bonchev–Trinajstić information content (AvgIpc) is 3.08. The fourth-order valence-electron chi connectivity index (χ4n) is 4.05. The highest BCUT2D eigenvalue weighted by molar-refractivity contribution is 7.92. The Bertz CT molecular complexity index is 1240. The van der Waals surface area contributed by atoms with Crippen LogP contribution in [0.25, 0.3) is 10.9 Å². The van der Waals surface area contributed by atoms with E-state index in [4.69, 9.17) is 0 Å². The van der Waals surface area contributed by atoms with Gasteiger partial charge in [0.15, 0.2) is 9.84 Å². The smallest absolute Gasteiger partial charge is 0.229 e. The van der Waals surface area contributed by atoms with Crippen molar-refractivity contribution in [1.82, 2.24) is 4.98 Å². The van der Waals surface area contributed by atoms with E-state index < -0.39 is 19.9 Å². The summed E-state index contributed by atoms with van der Waals surface area (Å²) >= 11 is 0. The summed E-state index contributed by atoms with van der Waals surface area (Å²) in [5.74, 6) is 0. The molecule has 0 saturated carbocycles. The first-order valence-corrected chi connectivity index (χ1v) is 13.2. The number of fused-ring (bicyclic) bond motifs is 1. The number of sulfone groups is 1. The van der Waals surface area contributed by atoms with Crippen LogP contribution in [-0.4, -0.2) is 34.3 Å². The van der Waals surface area contributed by atoms with E-state index in [0.717, 1.165) is 41.1 Å². The molecule has 3 aromatic rings. The molecule has 0 amide bonds. The molecule has 156 valence electrons.